The van der Waals surface area contributed by atoms with Crippen LogP contribution in [0.2, 0.25) is 0 Å². The molecule has 0 radical (unpaired) electrons. The van der Waals surface area contributed by atoms with Crippen molar-refractivity contribution in [3.8, 4) is 0 Å². The van der Waals surface area contributed by atoms with E-state index in [0.717, 1.165) is 48.4 Å². The van der Waals surface area contributed by atoms with Gasteiger partial charge in [0.15, 0.2) is 5.72 Å². The molecule has 4 fully saturated rings. The van der Waals surface area contributed by atoms with E-state index in [0.29, 0.717) is 18.1 Å². The van der Waals surface area contributed by atoms with Crippen LogP contribution in [-0.2, 0) is 19.1 Å². The molecule has 6 rings (SSSR count). The highest BCUT2D eigenvalue weighted by Crippen LogP contribution is 2.70. The van der Waals surface area contributed by atoms with Crippen molar-refractivity contribution in [2.75, 3.05) is 20.6 Å². The lowest BCUT2D eigenvalue weighted by Gasteiger charge is -2.63. The fourth-order valence-corrected chi connectivity index (χ4v) is 8.38. The highest BCUT2D eigenvalue weighted by Gasteiger charge is 2.75. The summed E-state index contributed by atoms with van der Waals surface area (Å²) in [6.45, 7) is 2.25. The quantitative estimate of drug-likeness (QED) is 0.334. The monoisotopic (exact) mass is 543 g/mol. The molecule has 39 heavy (non-hydrogen) atoms. The molecule has 1 spiro atoms. The molecule has 1 aromatic rings. The van der Waals surface area contributed by atoms with Crippen LogP contribution in [0, 0.1) is 17.3 Å². The molecule has 0 aromatic heterocycles. The van der Waals surface area contributed by atoms with Gasteiger partial charge < -0.3 is 19.3 Å². The summed E-state index contributed by atoms with van der Waals surface area (Å²) in [6, 6.07) is 8.27. The van der Waals surface area contributed by atoms with Gasteiger partial charge in [-0.15, -0.1) is 0 Å². The zero-order valence-electron chi connectivity index (χ0n) is 22.4. The Balaban J connectivity index is 1.46. The van der Waals surface area contributed by atoms with Gasteiger partial charge in [0.25, 0.3) is 5.91 Å². The van der Waals surface area contributed by atoms with Crippen molar-refractivity contribution in [1.82, 2.24) is 5.32 Å². The first kappa shape index (κ1) is 26.3. The van der Waals surface area contributed by atoms with Gasteiger partial charge in [0.05, 0.1) is 32.8 Å². The molecule has 1 N–H and O–H groups in total. The van der Waals surface area contributed by atoms with E-state index in [-0.39, 0.29) is 23.1 Å². The zero-order valence-corrected chi connectivity index (χ0v) is 22.4. The number of nitrogens with zero attached hydrogens (tertiary/aromatic N) is 1. The van der Waals surface area contributed by atoms with Crippen molar-refractivity contribution in [1.29, 1.82) is 0 Å². The van der Waals surface area contributed by atoms with E-state index in [1.54, 1.807) is 30.4 Å². The topological polar surface area (TPSA) is 64.6 Å². The van der Waals surface area contributed by atoms with Crippen LogP contribution in [-0.4, -0.2) is 61.0 Å². The smallest absolute Gasteiger partial charge is 0.421 e. The van der Waals surface area contributed by atoms with Crippen LogP contribution in [0.25, 0.3) is 6.08 Å². The molecule has 6 atom stereocenters. The molecule has 1 aromatic carbocycles. The number of esters is 1. The number of alkyl halides is 3. The number of carbonyl (C=O) groups is 2. The fraction of sp³-hybridized carbons (Fsp3) is 0.533. The van der Waals surface area contributed by atoms with E-state index in [9.17, 15) is 22.8 Å². The van der Waals surface area contributed by atoms with Crippen LogP contribution in [0.5, 0.6) is 0 Å². The van der Waals surface area contributed by atoms with E-state index >= 15 is 0 Å². The second kappa shape index (κ2) is 8.80. The van der Waals surface area contributed by atoms with Crippen LogP contribution in [0.15, 0.2) is 59.4 Å². The number of hydrogen-bond donors (Lipinski definition) is 1. The molecule has 2 aliphatic heterocycles. The maximum atomic E-state index is 14.2. The highest BCUT2D eigenvalue weighted by atomic mass is 19.4. The van der Waals surface area contributed by atoms with Gasteiger partial charge in [-0.1, -0.05) is 36.8 Å². The summed E-state index contributed by atoms with van der Waals surface area (Å²) in [6.07, 6.45) is 3.22. The SMILES string of the molecule is CC(=O)OC1=C2C[C@@H]3[C@@H]4CCC[C@@H]5OC(NC(=O)C(=Cc6ccccc6)C(F)(F)F)(C=C1)C2[C@@]54CC[N+]3(C)C. The Morgan fingerprint density at radius 1 is 1.18 bits per heavy atom. The number of nitrogens with one attached hydrogen (secondary N) is 1. The summed E-state index contributed by atoms with van der Waals surface area (Å²) in [5.41, 5.74) is -1.94. The standard InChI is InChI=1S/C30H33F3N2O4/c1-18(36)38-24-12-13-29(34-27(37)22(30(31,32)33)16-19-8-5-4-6-9-19)26-20(24)17-23-21-10-7-11-25(39-29)28(21,26)14-15-35(23,2)3/h4-6,8-9,12-13,16,21,23,25-26H,7,10-11,14-15,17H2,1-3H3/p+1/t21-,23+,25-,26?,28+,29?/m0/s1. The Bertz CT molecular complexity index is 1300. The predicted octanol–water partition coefficient (Wildman–Crippen LogP) is 4.89. The molecule has 6 nitrogen and oxygen atoms in total. The van der Waals surface area contributed by atoms with Gasteiger partial charge >= 0.3 is 12.1 Å². The molecule has 3 aliphatic carbocycles. The molecule has 2 saturated carbocycles. The number of rotatable bonds is 4. The molecule has 1 amide bonds. The maximum Gasteiger partial charge on any atom is 0.421 e. The molecule has 2 saturated heterocycles. The Labute approximate surface area is 226 Å². The zero-order chi connectivity index (χ0) is 27.8. The fourth-order valence-electron chi connectivity index (χ4n) is 8.38. The van der Waals surface area contributed by atoms with Crippen molar-refractivity contribution in [3.05, 3.63) is 65.0 Å². The Morgan fingerprint density at radius 2 is 1.92 bits per heavy atom. The first-order chi connectivity index (χ1) is 18.4. The lowest BCUT2D eigenvalue weighted by atomic mass is 9.46. The van der Waals surface area contributed by atoms with E-state index < -0.39 is 35.3 Å². The van der Waals surface area contributed by atoms with Crippen LogP contribution in [0.3, 0.4) is 0 Å². The predicted molar refractivity (Wildman–Crippen MR) is 137 cm³/mol. The number of benzene rings is 1. The van der Waals surface area contributed by atoms with Gasteiger partial charge in [-0.2, -0.15) is 13.2 Å². The lowest BCUT2D eigenvalue weighted by molar-refractivity contribution is -0.929. The van der Waals surface area contributed by atoms with Crippen molar-refractivity contribution in [3.63, 3.8) is 0 Å². The van der Waals surface area contributed by atoms with Crippen molar-refractivity contribution < 1.29 is 36.7 Å². The third-order valence-corrected chi connectivity index (χ3v) is 9.86. The molecule has 5 aliphatic rings. The van der Waals surface area contributed by atoms with Gasteiger partial charge in [0.1, 0.15) is 11.3 Å². The molecular formula is C30H34F3N2O4+. The third kappa shape index (κ3) is 3.99. The first-order valence-corrected chi connectivity index (χ1v) is 13.6. The van der Waals surface area contributed by atoms with Gasteiger partial charge in [0.2, 0.25) is 0 Å². The van der Waals surface area contributed by atoms with Gasteiger partial charge in [-0.3, -0.25) is 9.59 Å². The number of amides is 1. The Hall–Kier alpha value is -2.91. The van der Waals surface area contributed by atoms with Gasteiger partial charge in [0, 0.05) is 37.0 Å². The Morgan fingerprint density at radius 3 is 2.62 bits per heavy atom. The maximum absolute atomic E-state index is 14.2. The largest absolute Gasteiger partial charge is 0.427 e. The summed E-state index contributed by atoms with van der Waals surface area (Å²) in [5, 5.41) is 2.74. The first-order valence-electron chi connectivity index (χ1n) is 13.6. The highest BCUT2D eigenvalue weighted by molar-refractivity contribution is 5.99. The van der Waals surface area contributed by atoms with E-state index in [4.69, 9.17) is 9.47 Å². The number of carbonyl (C=O) groups excluding carboxylic acids is 2. The molecular weight excluding hydrogens is 509 g/mol. The number of halogens is 3. The summed E-state index contributed by atoms with van der Waals surface area (Å²) in [5.74, 6) is -1.37. The summed E-state index contributed by atoms with van der Waals surface area (Å²) in [4.78, 5) is 25.6. The van der Waals surface area contributed by atoms with Crippen molar-refractivity contribution in [2.24, 2.45) is 17.3 Å². The second-order valence-electron chi connectivity index (χ2n) is 12.2. The van der Waals surface area contributed by atoms with Crippen LogP contribution < -0.4 is 5.32 Å². The van der Waals surface area contributed by atoms with Crippen molar-refractivity contribution in [2.45, 2.75) is 63.1 Å². The Kier molecular flexibility index (Phi) is 5.94. The number of allylic oxidation sites excluding steroid dienone is 1. The molecule has 2 heterocycles. The van der Waals surface area contributed by atoms with Crippen LogP contribution in [0.1, 0.15) is 44.6 Å². The third-order valence-electron chi connectivity index (χ3n) is 9.86. The molecule has 2 bridgehead atoms. The van der Waals surface area contributed by atoms with Crippen molar-refractivity contribution >= 4 is 18.0 Å². The number of hydrogen-bond acceptors (Lipinski definition) is 4. The van der Waals surface area contributed by atoms with E-state index in [1.165, 1.54) is 19.1 Å². The minimum absolute atomic E-state index is 0.214. The average molecular weight is 544 g/mol. The molecule has 9 heteroatoms. The van der Waals surface area contributed by atoms with E-state index in [1.807, 2.05) is 0 Å². The number of ether oxygens (including phenoxy) is 2. The minimum Gasteiger partial charge on any atom is -0.427 e. The summed E-state index contributed by atoms with van der Waals surface area (Å²) < 4.78 is 55.9. The summed E-state index contributed by atoms with van der Waals surface area (Å²) >= 11 is 0. The lowest BCUT2D eigenvalue weighted by Crippen LogP contribution is -2.70. The number of quaternary nitrogens is 1. The summed E-state index contributed by atoms with van der Waals surface area (Å²) in [7, 11) is 4.45. The molecule has 2 unspecified atom stereocenters. The number of piperidine rings is 1. The van der Waals surface area contributed by atoms with Gasteiger partial charge in [-0.25, -0.2) is 0 Å². The van der Waals surface area contributed by atoms with Crippen LogP contribution >= 0.6 is 0 Å². The normalized spacial score (nSPS) is 36.3. The van der Waals surface area contributed by atoms with Gasteiger partial charge in [-0.05, 0) is 42.2 Å². The minimum atomic E-state index is -4.87. The molecule has 208 valence electrons. The average Bonchev–Trinajstić information content (AvgIpc) is 3.15. The van der Waals surface area contributed by atoms with E-state index in [2.05, 4.69) is 19.4 Å². The van der Waals surface area contributed by atoms with Crippen LogP contribution in [0.4, 0.5) is 13.2 Å². The number of likely N-dealkylation sites (tertiary alicyclic amines) is 1. The second-order valence-corrected chi connectivity index (χ2v) is 12.2.